The van der Waals surface area contributed by atoms with E-state index in [-0.39, 0.29) is 0 Å². The van der Waals surface area contributed by atoms with Crippen LogP contribution in [-0.2, 0) is 0 Å². The van der Waals surface area contributed by atoms with Gasteiger partial charge in [0, 0.05) is 0 Å². The van der Waals surface area contributed by atoms with Crippen molar-refractivity contribution in [3.63, 3.8) is 0 Å². The Morgan fingerprint density at radius 1 is 1.10 bits per heavy atom. The molecular weight excluding hydrogens is 200 g/mol. The lowest BCUT2D eigenvalue weighted by atomic mass is 10.2. The largest absolute Gasteiger partial charge is 0.106 e. The van der Waals surface area contributed by atoms with E-state index in [1.807, 2.05) is 0 Å². The molecular formula is C6H12S4. The van der Waals surface area contributed by atoms with E-state index in [0.29, 0.717) is 0 Å². The zero-order chi connectivity index (χ0) is 7.98. The van der Waals surface area contributed by atoms with Crippen LogP contribution in [-0.4, -0.2) is 0 Å². The Kier molecular flexibility index (Phi) is 7.60. The molecule has 0 aromatic heterocycles. The van der Waals surface area contributed by atoms with Crippen LogP contribution in [0.4, 0.5) is 0 Å². The van der Waals surface area contributed by atoms with Crippen molar-refractivity contribution in [1.82, 2.24) is 0 Å². The minimum atomic E-state index is 1.10. The van der Waals surface area contributed by atoms with Gasteiger partial charge in [-0.1, -0.05) is 35.4 Å². The topological polar surface area (TPSA) is 0 Å². The standard InChI is InChI=1S/C6H12S4/c1-3-5(4-2)6(9-7)10-8/h7-8H,3-4H2,1-2H3. The average molecular weight is 212 g/mol. The zero-order valence-electron chi connectivity index (χ0n) is 6.13. The molecule has 60 valence electrons. The van der Waals surface area contributed by atoms with Crippen molar-refractivity contribution in [2.75, 3.05) is 0 Å². The smallest absolute Gasteiger partial charge is 0.0606 e. The first kappa shape index (κ1) is 11.1. The number of allylic oxidation sites excluding steroid dienone is 1. The van der Waals surface area contributed by atoms with Crippen LogP contribution in [0, 0.1) is 0 Å². The van der Waals surface area contributed by atoms with Crippen LogP contribution >= 0.6 is 44.9 Å². The summed E-state index contributed by atoms with van der Waals surface area (Å²) in [4.78, 5) is 0. The second kappa shape index (κ2) is 6.83. The minimum Gasteiger partial charge on any atom is -0.106 e. The average Bonchev–Trinajstić information content (AvgIpc) is 2.00. The summed E-state index contributed by atoms with van der Waals surface area (Å²) >= 11 is 8.26. The van der Waals surface area contributed by atoms with Crippen LogP contribution in [0.2, 0.25) is 0 Å². The minimum absolute atomic E-state index is 1.10. The van der Waals surface area contributed by atoms with Gasteiger partial charge in [0.15, 0.2) is 0 Å². The van der Waals surface area contributed by atoms with Crippen molar-refractivity contribution < 1.29 is 0 Å². The van der Waals surface area contributed by atoms with E-state index in [9.17, 15) is 0 Å². The molecule has 10 heavy (non-hydrogen) atoms. The molecule has 4 heteroatoms. The Morgan fingerprint density at radius 2 is 1.50 bits per heavy atom. The number of thiol groups is 2. The molecule has 0 rings (SSSR count). The monoisotopic (exact) mass is 212 g/mol. The summed E-state index contributed by atoms with van der Waals surface area (Å²) in [6.07, 6.45) is 2.21. The molecule has 0 N–H and O–H groups in total. The van der Waals surface area contributed by atoms with E-state index >= 15 is 0 Å². The lowest BCUT2D eigenvalue weighted by Crippen LogP contribution is -1.78. The summed E-state index contributed by atoms with van der Waals surface area (Å²) in [7, 11) is 2.98. The number of hydrogen-bond acceptors (Lipinski definition) is 4. The summed E-state index contributed by atoms with van der Waals surface area (Å²) in [6, 6.07) is 0. The van der Waals surface area contributed by atoms with E-state index in [1.54, 1.807) is 0 Å². The van der Waals surface area contributed by atoms with Gasteiger partial charge in [-0.05, 0) is 18.4 Å². The fourth-order valence-electron chi connectivity index (χ4n) is 0.684. The molecule has 0 aliphatic carbocycles. The molecule has 0 nitrogen and oxygen atoms in total. The molecule has 0 atom stereocenters. The van der Waals surface area contributed by atoms with Crippen molar-refractivity contribution in [2.24, 2.45) is 0 Å². The van der Waals surface area contributed by atoms with Crippen molar-refractivity contribution in [3.05, 3.63) is 9.81 Å². The highest BCUT2D eigenvalue weighted by molar-refractivity contribution is 8.80. The van der Waals surface area contributed by atoms with Crippen LogP contribution < -0.4 is 0 Å². The molecule has 0 aromatic carbocycles. The molecule has 0 aliphatic heterocycles. The zero-order valence-corrected chi connectivity index (χ0v) is 9.55. The second-order valence-electron chi connectivity index (χ2n) is 1.78. The molecule has 0 fully saturated rings. The lowest BCUT2D eigenvalue weighted by molar-refractivity contribution is 0.981. The third kappa shape index (κ3) is 3.51. The van der Waals surface area contributed by atoms with Crippen molar-refractivity contribution in [1.29, 1.82) is 0 Å². The van der Waals surface area contributed by atoms with Gasteiger partial charge in [0.1, 0.15) is 0 Å². The summed E-state index contributed by atoms with van der Waals surface area (Å²) in [5.41, 5.74) is 1.44. The van der Waals surface area contributed by atoms with Gasteiger partial charge < -0.3 is 0 Å². The highest BCUT2D eigenvalue weighted by Gasteiger charge is 2.00. The molecule has 0 bridgehead atoms. The van der Waals surface area contributed by atoms with E-state index in [4.69, 9.17) is 0 Å². The molecule has 0 heterocycles. The Hall–Kier alpha value is 1.14. The number of rotatable bonds is 4. The summed E-state index contributed by atoms with van der Waals surface area (Å²) < 4.78 is 1.23. The van der Waals surface area contributed by atoms with Crippen molar-refractivity contribution in [2.45, 2.75) is 26.7 Å². The third-order valence-corrected chi connectivity index (χ3v) is 4.55. The van der Waals surface area contributed by atoms with Crippen LogP contribution in [0.25, 0.3) is 0 Å². The van der Waals surface area contributed by atoms with Gasteiger partial charge in [0.2, 0.25) is 0 Å². The molecule has 0 saturated carbocycles. The fraction of sp³-hybridized carbons (Fsp3) is 0.667. The Balaban J connectivity index is 4.20. The van der Waals surface area contributed by atoms with Crippen LogP contribution in [0.3, 0.4) is 0 Å². The summed E-state index contributed by atoms with van der Waals surface area (Å²) in [5, 5.41) is 0. The predicted octanol–water partition coefficient (Wildman–Crippen LogP) is 4.17. The van der Waals surface area contributed by atoms with Crippen molar-refractivity contribution in [3.8, 4) is 0 Å². The van der Waals surface area contributed by atoms with E-state index in [0.717, 1.165) is 12.8 Å². The first-order chi connectivity index (χ1) is 4.79. The van der Waals surface area contributed by atoms with Gasteiger partial charge in [-0.3, -0.25) is 0 Å². The van der Waals surface area contributed by atoms with Gasteiger partial charge >= 0.3 is 0 Å². The van der Waals surface area contributed by atoms with Gasteiger partial charge in [0.05, 0.1) is 4.24 Å². The molecule has 0 unspecified atom stereocenters. The Labute approximate surface area is 81.2 Å². The van der Waals surface area contributed by atoms with E-state index in [2.05, 4.69) is 37.2 Å². The Morgan fingerprint density at radius 3 is 1.60 bits per heavy atom. The SMILES string of the molecule is CCC(CC)=C(SS)SS. The quantitative estimate of drug-likeness (QED) is 0.530. The summed E-state index contributed by atoms with van der Waals surface area (Å²) in [5.74, 6) is 0. The molecule has 0 radical (unpaired) electrons. The van der Waals surface area contributed by atoms with E-state index < -0.39 is 0 Å². The van der Waals surface area contributed by atoms with Gasteiger partial charge in [0.25, 0.3) is 0 Å². The second-order valence-corrected chi connectivity index (χ2v) is 4.32. The highest BCUT2D eigenvalue weighted by Crippen LogP contribution is 2.37. The van der Waals surface area contributed by atoms with Gasteiger partial charge in [-0.2, -0.15) is 0 Å². The predicted molar refractivity (Wildman–Crippen MR) is 60.8 cm³/mol. The first-order valence-corrected chi connectivity index (χ1v) is 6.88. The van der Waals surface area contributed by atoms with Crippen LogP contribution in [0.1, 0.15) is 26.7 Å². The molecule has 0 aliphatic rings. The van der Waals surface area contributed by atoms with E-state index in [1.165, 1.54) is 31.4 Å². The van der Waals surface area contributed by atoms with Gasteiger partial charge in [-0.25, -0.2) is 0 Å². The maximum Gasteiger partial charge on any atom is 0.0606 e. The van der Waals surface area contributed by atoms with Crippen LogP contribution in [0.15, 0.2) is 9.81 Å². The molecule has 0 saturated heterocycles. The maximum absolute atomic E-state index is 4.13. The van der Waals surface area contributed by atoms with Crippen LogP contribution in [0.5, 0.6) is 0 Å². The van der Waals surface area contributed by atoms with Gasteiger partial charge in [-0.15, -0.1) is 23.3 Å². The fourth-order valence-corrected chi connectivity index (χ4v) is 3.63. The Bertz CT molecular complexity index is 92.9. The molecule has 0 spiro atoms. The number of hydrogen-bond donors (Lipinski definition) is 2. The maximum atomic E-state index is 4.13. The third-order valence-electron chi connectivity index (χ3n) is 1.31. The summed E-state index contributed by atoms with van der Waals surface area (Å²) in [6.45, 7) is 4.32. The lowest BCUT2D eigenvalue weighted by Gasteiger charge is -2.04. The molecule has 0 amide bonds. The molecule has 0 aromatic rings. The normalized spacial score (nSPS) is 9.60. The first-order valence-electron chi connectivity index (χ1n) is 3.14. The van der Waals surface area contributed by atoms with Crippen molar-refractivity contribution >= 4 is 44.9 Å². The highest BCUT2D eigenvalue weighted by atomic mass is 33.1.